The normalized spacial score (nSPS) is 17.3. The van der Waals surface area contributed by atoms with Crippen molar-refractivity contribution in [3.63, 3.8) is 0 Å². The van der Waals surface area contributed by atoms with Crippen LogP contribution >= 0.6 is 0 Å². The van der Waals surface area contributed by atoms with Crippen LogP contribution in [0.5, 0.6) is 0 Å². The van der Waals surface area contributed by atoms with Gasteiger partial charge in [-0.2, -0.15) is 8.78 Å². The zero-order chi connectivity index (χ0) is 25.4. The summed E-state index contributed by atoms with van der Waals surface area (Å²) in [6.07, 6.45) is 1.48. The van der Waals surface area contributed by atoms with E-state index < -0.39 is 62.9 Å². The molecule has 2 aromatic carbocycles. The monoisotopic (exact) mass is 514 g/mol. The van der Waals surface area contributed by atoms with Gasteiger partial charge in [0.25, 0.3) is 0 Å². The van der Waals surface area contributed by atoms with Crippen LogP contribution in [0.25, 0.3) is 27.9 Å². The number of fused-ring (bicyclic) bond motifs is 2. The Hall–Kier alpha value is -3.52. The molecule has 4 aromatic rings. The first kappa shape index (κ1) is 23.2. The SMILES string of the molecule is Cc1cc(-c2c(F)cc(F)cc2F)c2c(-n3cc4n(c3=O)C[C@@H](NS(C)(=O)=O)C4(F)F)noc2c1. The predicted octanol–water partition coefficient (Wildman–Crippen LogP) is 3.20. The van der Waals surface area contributed by atoms with E-state index in [0.717, 1.165) is 10.8 Å². The number of aryl methyl sites for hydroxylation is 1. The smallest absolute Gasteiger partial charge is 0.334 e. The van der Waals surface area contributed by atoms with Crippen molar-refractivity contribution in [1.82, 2.24) is 19.0 Å². The summed E-state index contributed by atoms with van der Waals surface area (Å²) < 4.78 is 104. The van der Waals surface area contributed by atoms with Crippen LogP contribution in [0.2, 0.25) is 0 Å². The lowest BCUT2D eigenvalue weighted by molar-refractivity contribution is -0.0248. The van der Waals surface area contributed by atoms with E-state index >= 15 is 0 Å². The highest BCUT2D eigenvalue weighted by molar-refractivity contribution is 7.88. The third-order valence-electron chi connectivity index (χ3n) is 5.68. The molecule has 8 nitrogen and oxygen atoms in total. The minimum absolute atomic E-state index is 0.000218. The zero-order valence-corrected chi connectivity index (χ0v) is 18.8. The van der Waals surface area contributed by atoms with Gasteiger partial charge in [0.1, 0.15) is 29.2 Å². The van der Waals surface area contributed by atoms with Gasteiger partial charge in [0.2, 0.25) is 10.0 Å². The Morgan fingerprint density at radius 1 is 1.14 bits per heavy atom. The molecule has 0 bridgehead atoms. The summed E-state index contributed by atoms with van der Waals surface area (Å²) in [6.45, 7) is 0.934. The molecule has 1 atom stereocenters. The topological polar surface area (TPSA) is 99.1 Å². The number of nitrogens with one attached hydrogen (secondary N) is 1. The third kappa shape index (κ3) is 3.63. The molecule has 1 aliphatic heterocycles. The number of nitrogens with zero attached hydrogens (tertiary/aromatic N) is 3. The van der Waals surface area contributed by atoms with E-state index in [1.165, 1.54) is 12.1 Å². The number of halogens is 5. The lowest BCUT2D eigenvalue weighted by atomic mass is 9.98. The third-order valence-corrected chi connectivity index (χ3v) is 6.40. The van der Waals surface area contributed by atoms with Crippen molar-refractivity contribution in [3.05, 3.63) is 69.7 Å². The first-order chi connectivity index (χ1) is 16.3. The lowest BCUT2D eigenvalue weighted by Gasteiger charge is -2.18. The van der Waals surface area contributed by atoms with E-state index in [1.54, 1.807) is 6.92 Å². The van der Waals surface area contributed by atoms with Crippen LogP contribution in [0.3, 0.4) is 0 Å². The molecule has 1 N–H and O–H groups in total. The van der Waals surface area contributed by atoms with Gasteiger partial charge in [0.15, 0.2) is 11.4 Å². The Morgan fingerprint density at radius 2 is 1.80 bits per heavy atom. The van der Waals surface area contributed by atoms with Gasteiger partial charge in [-0.3, -0.25) is 4.57 Å². The second-order valence-corrected chi connectivity index (χ2v) is 10.1. The fraction of sp³-hybridized carbons (Fsp3) is 0.238. The van der Waals surface area contributed by atoms with Gasteiger partial charge >= 0.3 is 11.6 Å². The number of sulfonamides is 1. The van der Waals surface area contributed by atoms with Gasteiger partial charge in [-0.05, 0) is 18.6 Å². The van der Waals surface area contributed by atoms with Crippen LogP contribution in [0, 0.1) is 24.4 Å². The fourth-order valence-electron chi connectivity index (χ4n) is 4.27. The summed E-state index contributed by atoms with van der Waals surface area (Å²) in [5.74, 6) is -7.67. The van der Waals surface area contributed by atoms with Crippen LogP contribution in [0.4, 0.5) is 22.0 Å². The summed E-state index contributed by atoms with van der Waals surface area (Å²) in [5, 5.41) is 3.70. The van der Waals surface area contributed by atoms with E-state index in [9.17, 15) is 35.2 Å². The summed E-state index contributed by atoms with van der Waals surface area (Å²) >= 11 is 0. The second kappa shape index (κ2) is 7.49. The first-order valence-electron chi connectivity index (χ1n) is 10.0. The highest BCUT2D eigenvalue weighted by Gasteiger charge is 2.52. The molecule has 14 heteroatoms. The summed E-state index contributed by atoms with van der Waals surface area (Å²) in [7, 11) is -4.00. The molecule has 2 aromatic heterocycles. The van der Waals surface area contributed by atoms with Crippen molar-refractivity contribution in [3.8, 4) is 16.9 Å². The Balaban J connectivity index is 1.73. The quantitative estimate of drug-likeness (QED) is 0.422. The lowest BCUT2D eigenvalue weighted by Crippen LogP contribution is -2.44. The molecule has 0 amide bonds. The molecule has 0 saturated carbocycles. The van der Waals surface area contributed by atoms with E-state index in [2.05, 4.69) is 5.16 Å². The second-order valence-electron chi connectivity index (χ2n) is 8.28. The molecule has 35 heavy (non-hydrogen) atoms. The number of hydrogen-bond donors (Lipinski definition) is 1. The van der Waals surface area contributed by atoms with Crippen LogP contribution in [0.1, 0.15) is 11.3 Å². The number of hydrogen-bond acceptors (Lipinski definition) is 5. The maximum absolute atomic E-state index is 14.9. The predicted molar refractivity (Wildman–Crippen MR) is 113 cm³/mol. The van der Waals surface area contributed by atoms with Crippen molar-refractivity contribution in [2.75, 3.05) is 6.26 Å². The first-order valence-corrected chi connectivity index (χ1v) is 11.9. The highest BCUT2D eigenvalue weighted by atomic mass is 32.2. The van der Waals surface area contributed by atoms with Gasteiger partial charge in [0.05, 0.1) is 23.8 Å². The number of imidazole rings is 1. The molecule has 0 fully saturated rings. The maximum atomic E-state index is 14.9. The average Bonchev–Trinajstić information content (AvgIpc) is 3.33. The number of alkyl halides is 2. The van der Waals surface area contributed by atoms with E-state index in [0.29, 0.717) is 28.5 Å². The molecule has 184 valence electrons. The summed E-state index contributed by atoms with van der Waals surface area (Å²) in [6, 6.07) is 1.90. The van der Waals surface area contributed by atoms with Gasteiger partial charge in [-0.1, -0.05) is 11.2 Å². The zero-order valence-electron chi connectivity index (χ0n) is 17.9. The maximum Gasteiger partial charge on any atom is 0.334 e. The molecular formula is C21H15F5N4O4S. The van der Waals surface area contributed by atoms with Crippen LogP contribution < -0.4 is 10.4 Å². The van der Waals surface area contributed by atoms with Crippen molar-refractivity contribution in [2.24, 2.45) is 0 Å². The van der Waals surface area contributed by atoms with E-state index in [1.807, 2.05) is 4.72 Å². The van der Waals surface area contributed by atoms with Crippen molar-refractivity contribution >= 4 is 21.0 Å². The van der Waals surface area contributed by atoms with Crippen molar-refractivity contribution in [2.45, 2.75) is 25.4 Å². The molecule has 0 aliphatic carbocycles. The van der Waals surface area contributed by atoms with Gasteiger partial charge < -0.3 is 4.52 Å². The van der Waals surface area contributed by atoms with Crippen molar-refractivity contribution in [1.29, 1.82) is 0 Å². The molecule has 1 aliphatic rings. The molecule has 3 heterocycles. The number of benzene rings is 2. The summed E-state index contributed by atoms with van der Waals surface area (Å²) in [5.41, 5.74) is -2.04. The molecule has 0 spiro atoms. The summed E-state index contributed by atoms with van der Waals surface area (Å²) in [4.78, 5) is 13.0. The van der Waals surface area contributed by atoms with Gasteiger partial charge in [-0.15, -0.1) is 0 Å². The Morgan fingerprint density at radius 3 is 2.40 bits per heavy atom. The Labute approximate surface area is 193 Å². The highest BCUT2D eigenvalue weighted by Crippen LogP contribution is 2.40. The van der Waals surface area contributed by atoms with Gasteiger partial charge in [0, 0.05) is 23.9 Å². The fourth-order valence-corrected chi connectivity index (χ4v) is 5.01. The molecule has 0 saturated heterocycles. The average molecular weight is 514 g/mol. The Kier molecular flexibility index (Phi) is 4.97. The number of aromatic nitrogens is 3. The van der Waals surface area contributed by atoms with Crippen LogP contribution in [-0.2, 0) is 22.5 Å². The van der Waals surface area contributed by atoms with Crippen LogP contribution in [-0.4, -0.2) is 35.0 Å². The van der Waals surface area contributed by atoms with Gasteiger partial charge in [-0.25, -0.2) is 35.7 Å². The molecule has 0 radical (unpaired) electrons. The van der Waals surface area contributed by atoms with E-state index in [-0.39, 0.29) is 22.4 Å². The molecule has 5 rings (SSSR count). The minimum Gasteiger partial charge on any atom is -0.354 e. The standard InChI is InChI=1S/C21H15F5N4O4S/c1-9-3-11(17-12(23)5-10(22)6-13(17)24)18-14(4-9)34-27-19(18)30-8-16-21(25,26)15(28-35(2,32)33)7-29(16)20(30)31/h3-6,8,15,28H,7H2,1-2H3/t15-/m1/s1. The van der Waals surface area contributed by atoms with E-state index in [4.69, 9.17) is 4.52 Å². The minimum atomic E-state index is -4.00. The molecule has 0 unspecified atom stereocenters. The number of rotatable bonds is 4. The van der Waals surface area contributed by atoms with Crippen LogP contribution in [0.15, 0.2) is 39.8 Å². The van der Waals surface area contributed by atoms with Crippen molar-refractivity contribution < 1.29 is 34.9 Å². The largest absolute Gasteiger partial charge is 0.354 e. The Bertz CT molecular complexity index is 1670. The molecular weight excluding hydrogens is 499 g/mol.